The van der Waals surface area contributed by atoms with Crippen molar-refractivity contribution < 1.29 is 9.53 Å². The minimum atomic E-state index is 0.0549. The van der Waals surface area contributed by atoms with Gasteiger partial charge in [0, 0.05) is 31.4 Å². The van der Waals surface area contributed by atoms with E-state index in [0.717, 1.165) is 37.2 Å². The Morgan fingerprint density at radius 1 is 1.26 bits per heavy atom. The van der Waals surface area contributed by atoms with Crippen LogP contribution in [0, 0.1) is 0 Å². The number of aromatic nitrogens is 1. The molecule has 6 nitrogen and oxygen atoms in total. The van der Waals surface area contributed by atoms with Crippen molar-refractivity contribution in [2.45, 2.75) is 25.4 Å². The minimum absolute atomic E-state index is 0.0549. The number of hydrogen-bond acceptors (Lipinski definition) is 5. The van der Waals surface area contributed by atoms with Crippen LogP contribution in [0.4, 0.5) is 5.82 Å². The second-order valence-electron chi connectivity index (χ2n) is 7.00. The summed E-state index contributed by atoms with van der Waals surface area (Å²) in [6.45, 7) is 2.61. The van der Waals surface area contributed by atoms with E-state index in [0.29, 0.717) is 17.9 Å². The molecule has 1 N–H and O–H groups in total. The van der Waals surface area contributed by atoms with Crippen LogP contribution >= 0.6 is 0 Å². The molecule has 0 atom stereocenters. The molecule has 1 aromatic heterocycles. The van der Waals surface area contributed by atoms with E-state index in [9.17, 15) is 4.79 Å². The first-order valence-electron chi connectivity index (χ1n) is 9.37. The molecule has 2 aromatic rings. The average Bonchev–Trinajstić information content (AvgIpc) is 2.73. The van der Waals surface area contributed by atoms with Crippen LogP contribution in [-0.2, 0) is 6.54 Å². The van der Waals surface area contributed by atoms with Gasteiger partial charge in [0.25, 0.3) is 5.91 Å². The topological polar surface area (TPSA) is 57.7 Å². The summed E-state index contributed by atoms with van der Waals surface area (Å²) in [5.41, 5.74) is 1.77. The number of pyridine rings is 1. The number of likely N-dealkylation sites (tertiary alicyclic amines) is 1. The third-order valence-corrected chi connectivity index (χ3v) is 5.16. The summed E-state index contributed by atoms with van der Waals surface area (Å²) >= 11 is 0. The van der Waals surface area contributed by atoms with Crippen LogP contribution in [0.2, 0.25) is 0 Å². The highest BCUT2D eigenvalue weighted by Crippen LogP contribution is 2.22. The van der Waals surface area contributed by atoms with Gasteiger partial charge in [0.05, 0.1) is 7.11 Å². The molecule has 0 bridgehead atoms. The minimum Gasteiger partial charge on any atom is -0.497 e. The summed E-state index contributed by atoms with van der Waals surface area (Å²) in [5, 5.41) is 3.01. The maximum absolute atomic E-state index is 13.4. The molecule has 144 valence electrons. The molecule has 0 spiro atoms. The van der Waals surface area contributed by atoms with E-state index in [2.05, 4.69) is 22.2 Å². The molecule has 1 aliphatic rings. The summed E-state index contributed by atoms with van der Waals surface area (Å²) in [5.74, 6) is 1.58. The summed E-state index contributed by atoms with van der Waals surface area (Å²) < 4.78 is 5.24. The predicted molar refractivity (Wildman–Crippen MR) is 107 cm³/mol. The zero-order valence-electron chi connectivity index (χ0n) is 16.3. The molecule has 1 amide bonds. The molecule has 0 radical (unpaired) electrons. The fraction of sp³-hybridized carbons (Fsp3) is 0.429. The maximum Gasteiger partial charge on any atom is 0.254 e. The number of nitrogens with one attached hydrogen (secondary N) is 1. The van der Waals surface area contributed by atoms with Crippen LogP contribution in [0.5, 0.6) is 5.75 Å². The fourth-order valence-corrected chi connectivity index (χ4v) is 3.47. The Hall–Kier alpha value is -2.60. The number of amides is 1. The number of carbonyl (C=O) groups is 1. The molecule has 1 aromatic carbocycles. The number of ether oxygens (including phenoxy) is 1. The average molecular weight is 368 g/mol. The molecule has 3 rings (SSSR count). The van der Waals surface area contributed by atoms with E-state index in [1.54, 1.807) is 19.4 Å². The van der Waals surface area contributed by atoms with E-state index >= 15 is 0 Å². The van der Waals surface area contributed by atoms with E-state index in [1.165, 1.54) is 0 Å². The van der Waals surface area contributed by atoms with Gasteiger partial charge in [0.15, 0.2) is 0 Å². The quantitative estimate of drug-likeness (QED) is 0.850. The van der Waals surface area contributed by atoms with Gasteiger partial charge in [-0.3, -0.25) is 4.79 Å². The Morgan fingerprint density at radius 2 is 1.96 bits per heavy atom. The lowest BCUT2D eigenvalue weighted by Crippen LogP contribution is -2.46. The SMILES string of the molecule is CNc1cc(C(=O)N(Cc2ccc(OC)cc2)C2CCN(C)CC2)ccn1. The molecule has 0 aliphatic carbocycles. The molecule has 1 fully saturated rings. The second kappa shape index (κ2) is 8.86. The van der Waals surface area contributed by atoms with Crippen molar-refractivity contribution in [2.75, 3.05) is 39.6 Å². The van der Waals surface area contributed by atoms with E-state index < -0.39 is 0 Å². The Labute approximate surface area is 161 Å². The Kier molecular flexibility index (Phi) is 6.29. The highest BCUT2D eigenvalue weighted by Gasteiger charge is 2.28. The molecular weight excluding hydrogens is 340 g/mol. The number of piperidine rings is 1. The van der Waals surface area contributed by atoms with Gasteiger partial charge in [-0.1, -0.05) is 12.1 Å². The van der Waals surface area contributed by atoms with Crippen molar-refractivity contribution in [3.05, 3.63) is 53.7 Å². The lowest BCUT2D eigenvalue weighted by molar-refractivity contribution is 0.0569. The van der Waals surface area contributed by atoms with E-state index in [1.807, 2.05) is 42.3 Å². The number of benzene rings is 1. The maximum atomic E-state index is 13.4. The van der Waals surface area contributed by atoms with Gasteiger partial charge in [0.2, 0.25) is 0 Å². The second-order valence-corrected chi connectivity index (χ2v) is 7.00. The molecule has 0 unspecified atom stereocenters. The monoisotopic (exact) mass is 368 g/mol. The number of methoxy groups -OCH3 is 1. The molecule has 1 aliphatic heterocycles. The third-order valence-electron chi connectivity index (χ3n) is 5.16. The normalized spacial score (nSPS) is 15.4. The van der Waals surface area contributed by atoms with E-state index in [4.69, 9.17) is 4.74 Å². The molecule has 27 heavy (non-hydrogen) atoms. The molecule has 2 heterocycles. The van der Waals surface area contributed by atoms with Gasteiger partial charge in [-0.15, -0.1) is 0 Å². The Morgan fingerprint density at radius 3 is 2.59 bits per heavy atom. The Balaban J connectivity index is 1.84. The van der Waals surface area contributed by atoms with Gasteiger partial charge < -0.3 is 19.9 Å². The largest absolute Gasteiger partial charge is 0.497 e. The fourth-order valence-electron chi connectivity index (χ4n) is 3.47. The highest BCUT2D eigenvalue weighted by atomic mass is 16.5. The lowest BCUT2D eigenvalue weighted by atomic mass is 10.0. The summed E-state index contributed by atoms with van der Waals surface area (Å²) in [6, 6.07) is 11.8. The third kappa shape index (κ3) is 4.77. The summed E-state index contributed by atoms with van der Waals surface area (Å²) in [6.07, 6.45) is 3.66. The molecule has 1 saturated heterocycles. The number of carbonyl (C=O) groups excluding carboxylic acids is 1. The van der Waals surface area contributed by atoms with Gasteiger partial charge >= 0.3 is 0 Å². The summed E-state index contributed by atoms with van der Waals surface area (Å²) in [7, 11) is 5.60. The van der Waals surface area contributed by atoms with Gasteiger partial charge in [-0.2, -0.15) is 0 Å². The Bertz CT molecular complexity index is 755. The number of hydrogen-bond donors (Lipinski definition) is 1. The van der Waals surface area contributed by atoms with Crippen molar-refractivity contribution in [3.8, 4) is 5.75 Å². The lowest BCUT2D eigenvalue weighted by Gasteiger charge is -2.37. The number of anilines is 1. The van der Waals surface area contributed by atoms with E-state index in [-0.39, 0.29) is 11.9 Å². The van der Waals surface area contributed by atoms with Crippen LogP contribution in [0.15, 0.2) is 42.6 Å². The van der Waals surface area contributed by atoms with Crippen molar-refractivity contribution >= 4 is 11.7 Å². The number of nitrogens with zero attached hydrogens (tertiary/aromatic N) is 3. The first kappa shape index (κ1) is 19.2. The van der Waals surface area contributed by atoms with Crippen LogP contribution in [0.1, 0.15) is 28.8 Å². The van der Waals surface area contributed by atoms with Crippen LogP contribution < -0.4 is 10.1 Å². The van der Waals surface area contributed by atoms with Crippen molar-refractivity contribution in [2.24, 2.45) is 0 Å². The number of rotatable bonds is 6. The van der Waals surface area contributed by atoms with Crippen LogP contribution in [0.3, 0.4) is 0 Å². The smallest absolute Gasteiger partial charge is 0.254 e. The highest BCUT2D eigenvalue weighted by molar-refractivity contribution is 5.95. The van der Waals surface area contributed by atoms with Crippen molar-refractivity contribution in [1.82, 2.24) is 14.8 Å². The van der Waals surface area contributed by atoms with Gasteiger partial charge in [-0.05, 0) is 62.8 Å². The molecular formula is C21H28N4O2. The van der Waals surface area contributed by atoms with Crippen molar-refractivity contribution in [1.29, 1.82) is 0 Å². The van der Waals surface area contributed by atoms with Crippen molar-refractivity contribution in [3.63, 3.8) is 0 Å². The zero-order chi connectivity index (χ0) is 19.2. The van der Waals surface area contributed by atoms with Crippen LogP contribution in [0.25, 0.3) is 0 Å². The predicted octanol–water partition coefficient (Wildman–Crippen LogP) is 2.87. The summed E-state index contributed by atoms with van der Waals surface area (Å²) in [4.78, 5) is 21.9. The van der Waals surface area contributed by atoms with Gasteiger partial charge in [-0.25, -0.2) is 4.98 Å². The zero-order valence-corrected chi connectivity index (χ0v) is 16.3. The standard InChI is InChI=1S/C21H28N4O2/c1-22-20-14-17(8-11-23-20)21(26)25(18-9-12-24(2)13-10-18)15-16-4-6-19(27-3)7-5-16/h4-8,11,14,18H,9-10,12-13,15H2,1-3H3,(H,22,23). The first-order chi connectivity index (χ1) is 13.1. The molecule has 0 saturated carbocycles. The van der Waals surface area contributed by atoms with Crippen LogP contribution in [-0.4, -0.2) is 61.0 Å². The molecule has 6 heteroatoms. The van der Waals surface area contributed by atoms with Gasteiger partial charge in [0.1, 0.15) is 11.6 Å². The first-order valence-corrected chi connectivity index (χ1v) is 9.37.